The first kappa shape index (κ1) is 13.8. The number of alkyl halides is 2. The number of phenols is 1. The van der Waals surface area contributed by atoms with E-state index in [9.17, 15) is 13.9 Å². The van der Waals surface area contributed by atoms with E-state index >= 15 is 0 Å². The van der Waals surface area contributed by atoms with Gasteiger partial charge in [0.1, 0.15) is 5.75 Å². The van der Waals surface area contributed by atoms with Crippen molar-refractivity contribution in [3.8, 4) is 5.75 Å². The first-order valence-corrected chi connectivity index (χ1v) is 6.40. The van der Waals surface area contributed by atoms with Crippen LogP contribution in [0.15, 0.2) is 53.2 Å². The van der Waals surface area contributed by atoms with Crippen molar-refractivity contribution in [2.45, 2.75) is 6.43 Å². The van der Waals surface area contributed by atoms with Crippen LogP contribution in [0.2, 0.25) is 0 Å². The van der Waals surface area contributed by atoms with Crippen LogP contribution in [0.4, 0.5) is 8.78 Å². The summed E-state index contributed by atoms with van der Waals surface area (Å²) in [4.78, 5) is 1.46. The number of hydrogen-bond acceptors (Lipinski definition) is 2. The first-order chi connectivity index (χ1) is 8.99. The molecule has 0 amide bonds. The molecule has 0 aromatic heterocycles. The predicted molar refractivity (Wildman–Crippen MR) is 74.9 cm³/mol. The molecule has 0 fully saturated rings. The molecule has 0 atom stereocenters. The summed E-state index contributed by atoms with van der Waals surface area (Å²) in [6, 6.07) is 6.40. The number of halogens is 3. The van der Waals surface area contributed by atoms with E-state index in [0.29, 0.717) is 15.9 Å². The molecule has 0 bridgehead atoms. The number of rotatable bonds is 3. The Kier molecular flexibility index (Phi) is 4.04. The lowest BCUT2D eigenvalue weighted by molar-refractivity contribution is 0.123. The van der Waals surface area contributed by atoms with E-state index < -0.39 is 13.0 Å². The van der Waals surface area contributed by atoms with Crippen LogP contribution < -0.4 is 0 Å². The Morgan fingerprint density at radius 3 is 2.42 bits per heavy atom. The van der Waals surface area contributed by atoms with E-state index in [2.05, 4.69) is 22.5 Å². The Bertz CT molecular complexity index is 549. The highest BCUT2D eigenvalue weighted by Gasteiger charge is 2.22. The molecular weight excluding hydrogens is 316 g/mol. The summed E-state index contributed by atoms with van der Waals surface area (Å²) in [6.45, 7) is 3.39. The van der Waals surface area contributed by atoms with Crippen molar-refractivity contribution >= 4 is 21.6 Å². The Hall–Kier alpha value is -1.62. The third-order valence-corrected chi connectivity index (χ3v) is 3.49. The smallest absolute Gasteiger partial charge is 0.256 e. The zero-order valence-corrected chi connectivity index (χ0v) is 11.6. The van der Waals surface area contributed by atoms with Gasteiger partial charge in [-0.1, -0.05) is 6.58 Å². The Balaban J connectivity index is 2.39. The minimum atomic E-state index is -2.46. The topological polar surface area (TPSA) is 23.5 Å². The maximum Gasteiger partial charge on any atom is 0.256 e. The Morgan fingerprint density at radius 2 is 1.84 bits per heavy atom. The molecule has 19 heavy (non-hydrogen) atoms. The highest BCUT2D eigenvalue weighted by molar-refractivity contribution is 9.12. The van der Waals surface area contributed by atoms with Crippen LogP contribution in [0.5, 0.6) is 5.75 Å². The fourth-order valence-corrected chi connectivity index (χ4v) is 2.19. The van der Waals surface area contributed by atoms with E-state index in [-0.39, 0.29) is 5.75 Å². The average molecular weight is 328 g/mol. The third-order valence-electron chi connectivity index (χ3n) is 2.76. The quantitative estimate of drug-likeness (QED) is 0.903. The van der Waals surface area contributed by atoms with Crippen LogP contribution in [0.1, 0.15) is 5.56 Å². The lowest BCUT2D eigenvalue weighted by Gasteiger charge is -2.31. The van der Waals surface area contributed by atoms with Crippen LogP contribution in [0, 0.1) is 0 Å². The lowest BCUT2D eigenvalue weighted by Crippen LogP contribution is -2.28. The van der Waals surface area contributed by atoms with E-state index in [1.54, 1.807) is 24.3 Å². The van der Waals surface area contributed by atoms with Gasteiger partial charge in [0.2, 0.25) is 0 Å². The van der Waals surface area contributed by atoms with Gasteiger partial charge in [-0.15, -0.1) is 0 Å². The molecule has 0 radical (unpaired) electrons. The first-order valence-electron chi connectivity index (χ1n) is 5.61. The van der Waals surface area contributed by atoms with Gasteiger partial charge in [0.25, 0.3) is 6.43 Å². The van der Waals surface area contributed by atoms with Gasteiger partial charge in [0.15, 0.2) is 0 Å². The van der Waals surface area contributed by atoms with Crippen molar-refractivity contribution in [1.29, 1.82) is 0 Å². The number of benzene rings is 1. The minimum absolute atomic E-state index is 0.135. The van der Waals surface area contributed by atoms with E-state index in [0.717, 1.165) is 5.56 Å². The molecule has 1 aromatic carbocycles. The van der Waals surface area contributed by atoms with Crippen molar-refractivity contribution < 1.29 is 13.9 Å². The van der Waals surface area contributed by atoms with Gasteiger partial charge >= 0.3 is 0 Å². The number of phenolic OH excluding ortho intramolecular Hbond substituents is 1. The van der Waals surface area contributed by atoms with Gasteiger partial charge in [0.05, 0.1) is 6.54 Å². The van der Waals surface area contributed by atoms with E-state index in [1.807, 2.05) is 0 Å². The summed E-state index contributed by atoms with van der Waals surface area (Å²) < 4.78 is 26.1. The Morgan fingerprint density at radius 1 is 1.21 bits per heavy atom. The van der Waals surface area contributed by atoms with Crippen LogP contribution in [-0.4, -0.2) is 23.0 Å². The number of hydrogen-bond donors (Lipinski definition) is 1. The van der Waals surface area contributed by atoms with Gasteiger partial charge in [-0.25, -0.2) is 8.78 Å². The van der Waals surface area contributed by atoms with Crippen LogP contribution in [-0.2, 0) is 0 Å². The number of allylic oxidation sites excluding steroid dienone is 3. The molecule has 0 aliphatic carbocycles. The Labute approximate surface area is 118 Å². The highest BCUT2D eigenvalue weighted by Crippen LogP contribution is 2.34. The van der Waals surface area contributed by atoms with Gasteiger partial charge in [0, 0.05) is 15.9 Å². The largest absolute Gasteiger partial charge is 0.508 e. The molecule has 1 aromatic rings. The molecule has 1 aliphatic heterocycles. The fourth-order valence-electron chi connectivity index (χ4n) is 1.84. The van der Waals surface area contributed by atoms with Gasteiger partial charge in [-0.2, -0.15) is 0 Å². The highest BCUT2D eigenvalue weighted by atomic mass is 79.9. The molecule has 2 nitrogen and oxygen atoms in total. The second-order valence-corrected chi connectivity index (χ2v) is 4.92. The summed E-state index contributed by atoms with van der Waals surface area (Å²) in [5.41, 5.74) is 1.87. The zero-order chi connectivity index (χ0) is 14.0. The molecule has 2 rings (SSSR count). The van der Waals surface area contributed by atoms with Crippen LogP contribution in [0.25, 0.3) is 5.70 Å². The van der Waals surface area contributed by atoms with Crippen molar-refractivity contribution in [3.05, 3.63) is 58.7 Å². The van der Waals surface area contributed by atoms with Crippen molar-refractivity contribution in [2.75, 3.05) is 6.54 Å². The molecule has 0 saturated carbocycles. The molecule has 0 saturated heterocycles. The second-order valence-electron chi connectivity index (χ2n) is 4.06. The molecule has 5 heteroatoms. The molecule has 1 aliphatic rings. The molecular formula is C14H12BrF2NO. The molecule has 1 heterocycles. The summed E-state index contributed by atoms with van der Waals surface area (Å²) in [6.07, 6.45) is 1.05. The summed E-state index contributed by atoms with van der Waals surface area (Å²) in [7, 11) is 0. The SMILES string of the molecule is C=C1C(Br)=CC=C(c2ccc(O)cc2)N1CC(F)F. The van der Waals surface area contributed by atoms with Gasteiger partial charge in [-0.05, 0) is 57.9 Å². The number of aromatic hydroxyl groups is 1. The average Bonchev–Trinajstić information content (AvgIpc) is 2.36. The molecule has 1 N–H and O–H groups in total. The molecule has 100 valence electrons. The fraction of sp³-hybridized carbons (Fsp3) is 0.143. The maximum atomic E-state index is 12.7. The minimum Gasteiger partial charge on any atom is -0.508 e. The predicted octanol–water partition coefficient (Wildman–Crippen LogP) is 4.11. The molecule has 0 unspecified atom stereocenters. The monoisotopic (exact) mass is 327 g/mol. The van der Waals surface area contributed by atoms with Crippen LogP contribution in [0.3, 0.4) is 0 Å². The van der Waals surface area contributed by atoms with Gasteiger partial charge in [-0.3, -0.25) is 0 Å². The standard InChI is InChI=1S/C14H12BrF2NO/c1-9-12(15)6-7-13(18(9)8-14(16)17)10-2-4-11(19)5-3-10/h2-7,14,19H,1,8H2. The zero-order valence-electron chi connectivity index (χ0n) is 9.98. The van der Waals surface area contributed by atoms with Crippen molar-refractivity contribution in [2.24, 2.45) is 0 Å². The summed E-state index contributed by atoms with van der Waals surface area (Å²) in [5, 5.41) is 9.27. The third kappa shape index (κ3) is 3.04. The normalized spacial score (nSPS) is 15.6. The van der Waals surface area contributed by atoms with Crippen molar-refractivity contribution in [1.82, 2.24) is 4.90 Å². The van der Waals surface area contributed by atoms with E-state index in [1.165, 1.54) is 17.0 Å². The van der Waals surface area contributed by atoms with Gasteiger partial charge < -0.3 is 10.0 Å². The van der Waals surface area contributed by atoms with Crippen LogP contribution >= 0.6 is 15.9 Å². The maximum absolute atomic E-state index is 12.7. The summed E-state index contributed by atoms with van der Waals surface area (Å²) in [5.74, 6) is 0.135. The summed E-state index contributed by atoms with van der Waals surface area (Å²) >= 11 is 3.29. The second kappa shape index (κ2) is 5.57. The number of nitrogens with zero attached hydrogens (tertiary/aromatic N) is 1. The lowest BCUT2D eigenvalue weighted by atomic mass is 10.1. The van der Waals surface area contributed by atoms with Crippen molar-refractivity contribution in [3.63, 3.8) is 0 Å². The molecule has 0 spiro atoms. The van der Waals surface area contributed by atoms with E-state index in [4.69, 9.17) is 0 Å².